The van der Waals surface area contributed by atoms with Crippen LogP contribution in [0.4, 0.5) is 4.39 Å². The van der Waals surface area contributed by atoms with Crippen LogP contribution in [0.15, 0.2) is 54.6 Å². The topological polar surface area (TPSA) is 132 Å². The van der Waals surface area contributed by atoms with Gasteiger partial charge in [0, 0.05) is 36.6 Å². The van der Waals surface area contributed by atoms with E-state index in [0.29, 0.717) is 42.8 Å². The second-order valence-corrected chi connectivity index (χ2v) is 10.3. The highest BCUT2D eigenvalue weighted by Gasteiger charge is 2.28. The van der Waals surface area contributed by atoms with Gasteiger partial charge in [-0.25, -0.2) is 19.2 Å². The Morgan fingerprint density at radius 3 is 2.71 bits per heavy atom. The van der Waals surface area contributed by atoms with Gasteiger partial charge in [-0.3, -0.25) is 0 Å². The number of benzene rings is 2. The van der Waals surface area contributed by atoms with Crippen molar-refractivity contribution >= 4 is 17.0 Å². The van der Waals surface area contributed by atoms with E-state index in [-0.39, 0.29) is 23.7 Å². The summed E-state index contributed by atoms with van der Waals surface area (Å²) in [5, 5.41) is 21.8. The maximum atomic E-state index is 14.2. The minimum Gasteiger partial charge on any atom is -0.478 e. The SMILES string of the molecule is N#Cc1ccc(COc2cccc(C3OCC(Cc4nc5ccc(C(=O)O)cc5n4C[C@@H]4CCN4)CO3)n2)c(F)c1. The van der Waals surface area contributed by atoms with E-state index in [1.54, 1.807) is 36.4 Å². The van der Waals surface area contributed by atoms with Crippen molar-refractivity contribution in [1.82, 2.24) is 19.9 Å². The number of aromatic nitrogens is 3. The summed E-state index contributed by atoms with van der Waals surface area (Å²) in [5.74, 6) is -0.249. The standard InChI is InChI=1S/C30H28FN5O5/c31-23-10-18(13-32)4-5-21(23)17-39-28-3-1-2-25(35-28)30-40-15-19(16-41-30)11-27-34-24-7-6-20(29(37)38)12-26(24)36(27)14-22-8-9-33-22/h1-7,10,12,19,22,30,33H,8-9,11,14-17H2,(H,37,38)/t19?,22-,30?/m0/s1. The summed E-state index contributed by atoms with van der Waals surface area (Å²) in [6.45, 7) is 2.52. The number of imidazole rings is 1. The van der Waals surface area contributed by atoms with E-state index >= 15 is 0 Å². The number of aromatic carboxylic acids is 1. The van der Waals surface area contributed by atoms with Crippen LogP contribution in [0.2, 0.25) is 0 Å². The molecule has 0 saturated carbocycles. The van der Waals surface area contributed by atoms with Crippen molar-refractivity contribution < 1.29 is 28.5 Å². The molecule has 2 aromatic carbocycles. The first-order chi connectivity index (χ1) is 20.0. The molecule has 4 aromatic rings. The van der Waals surface area contributed by atoms with Gasteiger partial charge in [0.25, 0.3) is 0 Å². The molecule has 4 heterocycles. The summed E-state index contributed by atoms with van der Waals surface area (Å²) in [6.07, 6.45) is 1.01. The lowest BCUT2D eigenvalue weighted by atomic mass is 10.1. The quantitative estimate of drug-likeness (QED) is 0.314. The summed E-state index contributed by atoms with van der Waals surface area (Å²) >= 11 is 0. The molecule has 2 fully saturated rings. The first-order valence-electron chi connectivity index (χ1n) is 13.4. The number of ether oxygens (including phenoxy) is 3. The van der Waals surface area contributed by atoms with Crippen LogP contribution < -0.4 is 10.1 Å². The summed E-state index contributed by atoms with van der Waals surface area (Å²) in [4.78, 5) is 20.9. The van der Waals surface area contributed by atoms with Crippen LogP contribution in [0.3, 0.4) is 0 Å². The number of fused-ring (bicyclic) bond motifs is 1. The molecule has 2 aliphatic rings. The average Bonchev–Trinajstić information content (AvgIpc) is 3.30. The van der Waals surface area contributed by atoms with Gasteiger partial charge in [0.15, 0.2) is 0 Å². The molecule has 1 atom stereocenters. The lowest BCUT2D eigenvalue weighted by Crippen LogP contribution is -2.45. The van der Waals surface area contributed by atoms with Crippen molar-refractivity contribution in [3.05, 3.63) is 88.6 Å². The third kappa shape index (κ3) is 5.90. The zero-order valence-electron chi connectivity index (χ0n) is 22.1. The number of carbonyl (C=O) groups is 1. The number of nitrogens with one attached hydrogen (secondary N) is 1. The van der Waals surface area contributed by atoms with Crippen LogP contribution in [-0.4, -0.2) is 51.4 Å². The van der Waals surface area contributed by atoms with Crippen LogP contribution >= 0.6 is 0 Å². The summed E-state index contributed by atoms with van der Waals surface area (Å²) < 4.78 is 34.1. The monoisotopic (exact) mass is 557 g/mol. The summed E-state index contributed by atoms with van der Waals surface area (Å²) in [5.41, 5.74) is 2.93. The Kier molecular flexibility index (Phi) is 7.61. The Bertz CT molecular complexity index is 1620. The van der Waals surface area contributed by atoms with Crippen molar-refractivity contribution in [2.75, 3.05) is 19.8 Å². The van der Waals surface area contributed by atoms with Gasteiger partial charge in [-0.2, -0.15) is 5.26 Å². The summed E-state index contributed by atoms with van der Waals surface area (Å²) in [7, 11) is 0. The van der Waals surface area contributed by atoms with E-state index in [9.17, 15) is 14.3 Å². The lowest BCUT2D eigenvalue weighted by Gasteiger charge is -2.31. The fourth-order valence-corrected chi connectivity index (χ4v) is 5.01. The van der Waals surface area contributed by atoms with Gasteiger partial charge in [0.2, 0.25) is 12.2 Å². The molecule has 2 N–H and O–H groups in total. The number of halogens is 1. The normalized spacial score (nSPS) is 20.3. The molecule has 0 bridgehead atoms. The van der Waals surface area contributed by atoms with Crippen LogP contribution in [0.1, 0.15) is 45.7 Å². The van der Waals surface area contributed by atoms with E-state index in [1.165, 1.54) is 18.2 Å². The second kappa shape index (κ2) is 11.6. The highest BCUT2D eigenvalue weighted by Crippen LogP contribution is 2.28. The van der Waals surface area contributed by atoms with E-state index in [2.05, 4.69) is 14.9 Å². The number of nitriles is 1. The number of carboxylic acids is 1. The van der Waals surface area contributed by atoms with Crippen LogP contribution in [0.25, 0.3) is 11.0 Å². The average molecular weight is 558 g/mol. The molecule has 0 amide bonds. The van der Waals surface area contributed by atoms with Gasteiger partial charge in [-0.1, -0.05) is 12.1 Å². The number of carboxylic acid groups (broad SMARTS) is 1. The zero-order chi connectivity index (χ0) is 28.3. The largest absolute Gasteiger partial charge is 0.478 e. The fourth-order valence-electron chi connectivity index (χ4n) is 5.01. The molecule has 0 radical (unpaired) electrons. The van der Waals surface area contributed by atoms with Crippen molar-refractivity contribution in [2.24, 2.45) is 5.92 Å². The molecule has 0 unspecified atom stereocenters. The molecule has 2 saturated heterocycles. The predicted octanol–water partition coefficient (Wildman–Crippen LogP) is 3.99. The van der Waals surface area contributed by atoms with Crippen molar-refractivity contribution in [2.45, 2.75) is 38.3 Å². The number of nitrogens with zero attached hydrogens (tertiary/aromatic N) is 4. The molecular weight excluding hydrogens is 529 g/mol. The second-order valence-electron chi connectivity index (χ2n) is 10.3. The molecule has 210 valence electrons. The van der Waals surface area contributed by atoms with Crippen molar-refractivity contribution in [1.29, 1.82) is 5.26 Å². The van der Waals surface area contributed by atoms with E-state index < -0.39 is 18.1 Å². The van der Waals surface area contributed by atoms with Gasteiger partial charge >= 0.3 is 5.97 Å². The zero-order valence-corrected chi connectivity index (χ0v) is 22.1. The Balaban J connectivity index is 1.10. The van der Waals surface area contributed by atoms with Gasteiger partial charge in [-0.15, -0.1) is 0 Å². The molecule has 2 aromatic heterocycles. The van der Waals surface area contributed by atoms with Crippen LogP contribution in [0.5, 0.6) is 5.88 Å². The van der Waals surface area contributed by atoms with E-state index in [0.717, 1.165) is 36.4 Å². The number of pyridine rings is 1. The first-order valence-corrected chi connectivity index (χ1v) is 13.4. The lowest BCUT2D eigenvalue weighted by molar-refractivity contribution is -0.207. The minimum absolute atomic E-state index is 0.0339. The smallest absolute Gasteiger partial charge is 0.335 e. The maximum Gasteiger partial charge on any atom is 0.335 e. The van der Waals surface area contributed by atoms with Gasteiger partial charge in [0.05, 0.1) is 41.4 Å². The van der Waals surface area contributed by atoms with Gasteiger partial charge < -0.3 is 29.2 Å². The predicted molar refractivity (Wildman–Crippen MR) is 145 cm³/mol. The van der Waals surface area contributed by atoms with Gasteiger partial charge in [-0.05, 0) is 49.4 Å². The number of hydrogen-bond acceptors (Lipinski definition) is 8. The Hall–Kier alpha value is -4.37. The summed E-state index contributed by atoms with van der Waals surface area (Å²) in [6, 6.07) is 16.7. The Morgan fingerprint density at radius 2 is 2.00 bits per heavy atom. The van der Waals surface area contributed by atoms with Crippen LogP contribution in [0, 0.1) is 23.1 Å². The molecule has 0 aliphatic carbocycles. The molecule has 0 spiro atoms. The van der Waals surface area contributed by atoms with Crippen LogP contribution in [-0.2, 0) is 29.0 Å². The van der Waals surface area contributed by atoms with Crippen molar-refractivity contribution in [3.63, 3.8) is 0 Å². The number of hydrogen-bond donors (Lipinski definition) is 2. The van der Waals surface area contributed by atoms with Crippen molar-refractivity contribution in [3.8, 4) is 11.9 Å². The van der Waals surface area contributed by atoms with E-state index in [1.807, 2.05) is 6.07 Å². The molecule has 6 rings (SSSR count). The highest BCUT2D eigenvalue weighted by molar-refractivity contribution is 5.92. The van der Waals surface area contributed by atoms with Gasteiger partial charge in [0.1, 0.15) is 23.9 Å². The first kappa shape index (κ1) is 26.8. The minimum atomic E-state index is -0.965. The third-order valence-corrected chi connectivity index (χ3v) is 7.39. The molecular formula is C30H28FN5O5. The molecule has 11 heteroatoms. The molecule has 2 aliphatic heterocycles. The maximum absolute atomic E-state index is 14.2. The third-order valence-electron chi connectivity index (χ3n) is 7.39. The molecule has 10 nitrogen and oxygen atoms in total. The molecule has 41 heavy (non-hydrogen) atoms. The fraction of sp³-hybridized carbons (Fsp3) is 0.333. The number of rotatable bonds is 9. The van der Waals surface area contributed by atoms with E-state index in [4.69, 9.17) is 24.5 Å². The highest BCUT2D eigenvalue weighted by atomic mass is 19.1. The Morgan fingerprint density at radius 1 is 1.17 bits per heavy atom. The Labute approximate surface area is 235 Å².